The van der Waals surface area contributed by atoms with Crippen molar-refractivity contribution in [2.24, 2.45) is 0 Å². The molecule has 0 saturated carbocycles. The molecular weight excluding hydrogens is 298 g/mol. The Labute approximate surface area is 136 Å². The first-order valence-electron chi connectivity index (χ1n) is 7.85. The van der Waals surface area contributed by atoms with Gasteiger partial charge in [-0.2, -0.15) is 5.10 Å². The largest absolute Gasteiger partial charge is 0.479 e. The number of morpholine rings is 1. The summed E-state index contributed by atoms with van der Waals surface area (Å²) in [5, 5.41) is 13.5. The fraction of sp³-hybridized carbons (Fsp3) is 0.688. The third-order valence-corrected chi connectivity index (χ3v) is 3.81. The fourth-order valence-corrected chi connectivity index (χ4v) is 2.59. The predicted molar refractivity (Wildman–Crippen MR) is 84.6 cm³/mol. The summed E-state index contributed by atoms with van der Waals surface area (Å²) in [5.74, 6) is -1.06. The summed E-state index contributed by atoms with van der Waals surface area (Å²) >= 11 is 0. The molecule has 1 saturated heterocycles. The van der Waals surface area contributed by atoms with Crippen LogP contribution in [-0.4, -0.2) is 57.5 Å². The number of carboxylic acid groups (broad SMARTS) is 1. The van der Waals surface area contributed by atoms with Gasteiger partial charge in [0.1, 0.15) is 0 Å². The topological polar surface area (TPSA) is 84.7 Å². The highest BCUT2D eigenvalue weighted by molar-refractivity contribution is 5.93. The highest BCUT2D eigenvalue weighted by Crippen LogP contribution is 2.24. The Morgan fingerprint density at radius 1 is 1.39 bits per heavy atom. The smallest absolute Gasteiger partial charge is 0.334 e. The number of carbonyl (C=O) groups is 2. The van der Waals surface area contributed by atoms with Crippen LogP contribution in [0.2, 0.25) is 0 Å². The number of aromatic nitrogens is 2. The minimum atomic E-state index is -1.05. The number of ether oxygens (including phenoxy) is 1. The molecule has 128 valence electrons. The average Bonchev–Trinajstić information content (AvgIpc) is 2.92. The number of carbonyl (C=O) groups excluding carboxylic acids is 1. The Hall–Kier alpha value is -1.89. The van der Waals surface area contributed by atoms with E-state index in [4.69, 9.17) is 9.84 Å². The van der Waals surface area contributed by atoms with Crippen molar-refractivity contribution < 1.29 is 19.4 Å². The van der Waals surface area contributed by atoms with E-state index in [1.54, 1.807) is 0 Å². The first-order chi connectivity index (χ1) is 10.6. The summed E-state index contributed by atoms with van der Waals surface area (Å²) < 4.78 is 7.03. The normalized spacial score (nSPS) is 19.2. The van der Waals surface area contributed by atoms with E-state index in [9.17, 15) is 9.59 Å². The number of nitrogens with zero attached hydrogens (tertiary/aromatic N) is 3. The van der Waals surface area contributed by atoms with Crippen LogP contribution >= 0.6 is 0 Å². The Kier molecular flexibility index (Phi) is 4.79. The van der Waals surface area contributed by atoms with Crippen LogP contribution in [0.1, 0.15) is 56.7 Å². The molecule has 0 spiro atoms. The number of aliphatic carboxylic acids is 1. The summed E-state index contributed by atoms with van der Waals surface area (Å²) in [6.07, 6.45) is -0.970. The molecule has 1 aromatic heterocycles. The molecule has 7 heteroatoms. The van der Waals surface area contributed by atoms with Gasteiger partial charge in [-0.1, -0.05) is 13.8 Å². The monoisotopic (exact) mass is 323 g/mol. The molecule has 1 unspecified atom stereocenters. The number of rotatable bonds is 3. The van der Waals surface area contributed by atoms with Crippen molar-refractivity contribution in [3.8, 4) is 0 Å². The van der Waals surface area contributed by atoms with E-state index >= 15 is 0 Å². The number of hydrogen-bond donors (Lipinski definition) is 1. The second kappa shape index (κ2) is 6.31. The third-order valence-electron chi connectivity index (χ3n) is 3.81. The maximum atomic E-state index is 12.7. The molecule has 0 aliphatic carbocycles. The Bertz CT molecular complexity index is 601. The third kappa shape index (κ3) is 3.72. The number of carboxylic acids is 1. The molecule has 2 heterocycles. The molecule has 1 aliphatic rings. The lowest BCUT2D eigenvalue weighted by atomic mass is 10.1. The van der Waals surface area contributed by atoms with Crippen molar-refractivity contribution in [2.75, 3.05) is 19.7 Å². The lowest BCUT2D eigenvalue weighted by Gasteiger charge is -2.30. The van der Waals surface area contributed by atoms with Gasteiger partial charge in [0, 0.05) is 12.2 Å². The average molecular weight is 323 g/mol. The Morgan fingerprint density at radius 3 is 2.52 bits per heavy atom. The first kappa shape index (κ1) is 17.5. The molecule has 7 nitrogen and oxygen atoms in total. The van der Waals surface area contributed by atoms with Gasteiger partial charge in [-0.25, -0.2) is 4.79 Å². The minimum Gasteiger partial charge on any atom is -0.479 e. The van der Waals surface area contributed by atoms with E-state index in [2.05, 4.69) is 18.9 Å². The van der Waals surface area contributed by atoms with E-state index in [1.807, 2.05) is 31.5 Å². The van der Waals surface area contributed by atoms with Gasteiger partial charge >= 0.3 is 5.97 Å². The molecule has 23 heavy (non-hydrogen) atoms. The van der Waals surface area contributed by atoms with Crippen molar-refractivity contribution in [1.29, 1.82) is 0 Å². The zero-order valence-corrected chi connectivity index (χ0v) is 14.4. The van der Waals surface area contributed by atoms with E-state index in [-0.39, 0.29) is 30.5 Å². The summed E-state index contributed by atoms with van der Waals surface area (Å²) in [5.41, 5.74) is 1.12. The van der Waals surface area contributed by atoms with Crippen molar-refractivity contribution in [1.82, 2.24) is 14.7 Å². The van der Waals surface area contributed by atoms with E-state index < -0.39 is 12.1 Å². The Balaban J connectivity index is 2.27. The molecule has 0 bridgehead atoms. The van der Waals surface area contributed by atoms with Gasteiger partial charge in [0.15, 0.2) is 11.8 Å². The van der Waals surface area contributed by atoms with Gasteiger partial charge in [-0.05, 0) is 32.8 Å². The first-order valence-corrected chi connectivity index (χ1v) is 7.85. The maximum absolute atomic E-state index is 12.7. The van der Waals surface area contributed by atoms with Gasteiger partial charge in [0.2, 0.25) is 0 Å². The highest BCUT2D eigenvalue weighted by atomic mass is 16.5. The molecular formula is C16H25N3O4. The van der Waals surface area contributed by atoms with Gasteiger partial charge in [0.25, 0.3) is 5.91 Å². The van der Waals surface area contributed by atoms with Crippen LogP contribution in [0.4, 0.5) is 0 Å². The van der Waals surface area contributed by atoms with Crippen LogP contribution in [0.5, 0.6) is 0 Å². The van der Waals surface area contributed by atoms with Crippen LogP contribution in [0, 0.1) is 0 Å². The Morgan fingerprint density at radius 2 is 2.04 bits per heavy atom. The van der Waals surface area contributed by atoms with Crippen molar-refractivity contribution in [2.45, 2.75) is 52.2 Å². The number of amides is 1. The van der Waals surface area contributed by atoms with Gasteiger partial charge in [-0.3, -0.25) is 9.48 Å². The van der Waals surface area contributed by atoms with Crippen molar-refractivity contribution >= 4 is 11.9 Å². The van der Waals surface area contributed by atoms with Crippen LogP contribution in [-0.2, 0) is 15.1 Å². The van der Waals surface area contributed by atoms with Crippen LogP contribution in [0.15, 0.2) is 6.07 Å². The van der Waals surface area contributed by atoms with Crippen LogP contribution in [0.3, 0.4) is 0 Å². The van der Waals surface area contributed by atoms with Gasteiger partial charge < -0.3 is 14.7 Å². The molecule has 2 rings (SSSR count). The van der Waals surface area contributed by atoms with Crippen molar-refractivity contribution in [3.05, 3.63) is 17.5 Å². The molecule has 0 radical (unpaired) electrons. The molecule has 1 aliphatic heterocycles. The van der Waals surface area contributed by atoms with E-state index in [0.29, 0.717) is 12.2 Å². The van der Waals surface area contributed by atoms with Crippen LogP contribution < -0.4 is 0 Å². The molecule has 1 atom stereocenters. The lowest BCUT2D eigenvalue weighted by Crippen LogP contribution is -2.48. The second-order valence-corrected chi connectivity index (χ2v) is 7.14. The van der Waals surface area contributed by atoms with Gasteiger partial charge in [-0.15, -0.1) is 0 Å². The minimum absolute atomic E-state index is 0.0492. The quantitative estimate of drug-likeness (QED) is 0.915. The zero-order valence-electron chi connectivity index (χ0n) is 14.4. The second-order valence-electron chi connectivity index (χ2n) is 7.14. The molecule has 0 aromatic carbocycles. The standard InChI is InChI=1S/C16H25N3O4/c1-10(2)12-8-11(17-19(12)16(3,4)5)14(20)18-6-7-23-13(9-18)15(21)22/h8,10,13H,6-7,9H2,1-5H3,(H,21,22). The maximum Gasteiger partial charge on any atom is 0.334 e. The summed E-state index contributed by atoms with van der Waals surface area (Å²) in [4.78, 5) is 25.2. The predicted octanol–water partition coefficient (Wildman–Crippen LogP) is 1.69. The molecule has 1 aromatic rings. The lowest BCUT2D eigenvalue weighted by molar-refractivity contribution is -0.154. The summed E-state index contributed by atoms with van der Waals surface area (Å²) in [6, 6.07) is 1.81. The molecule has 1 N–H and O–H groups in total. The zero-order chi connectivity index (χ0) is 17.4. The highest BCUT2D eigenvalue weighted by Gasteiger charge is 2.32. The SMILES string of the molecule is CC(C)c1cc(C(=O)N2CCOC(C(=O)O)C2)nn1C(C)(C)C. The van der Waals surface area contributed by atoms with Gasteiger partial charge in [0.05, 0.1) is 18.7 Å². The van der Waals surface area contributed by atoms with Crippen molar-refractivity contribution in [3.63, 3.8) is 0 Å². The van der Waals surface area contributed by atoms with Crippen LogP contribution in [0.25, 0.3) is 0 Å². The van der Waals surface area contributed by atoms with E-state index in [1.165, 1.54) is 4.90 Å². The summed E-state index contributed by atoms with van der Waals surface area (Å²) in [7, 11) is 0. The fourth-order valence-electron chi connectivity index (χ4n) is 2.59. The number of hydrogen-bond acceptors (Lipinski definition) is 4. The van der Waals surface area contributed by atoms with E-state index in [0.717, 1.165) is 5.69 Å². The molecule has 1 amide bonds. The summed E-state index contributed by atoms with van der Waals surface area (Å²) in [6.45, 7) is 10.9. The molecule has 1 fully saturated rings.